The standard InChI is InChI=1S/C12H22N6O2/c1-5-6-20-12-17-10(14-4)16-11(18-12)15-8(7(2)3)9(13)19/h7-8H,5-6H2,1-4H3,(H2,13,19)(H2,14,15,16,17,18). The summed E-state index contributed by atoms with van der Waals surface area (Å²) < 4.78 is 5.38. The Labute approximate surface area is 118 Å². The number of ether oxygens (including phenoxy) is 1. The predicted molar refractivity (Wildman–Crippen MR) is 76.6 cm³/mol. The fourth-order valence-electron chi connectivity index (χ4n) is 1.50. The fraction of sp³-hybridized carbons (Fsp3) is 0.667. The Bertz CT molecular complexity index is 452. The van der Waals surface area contributed by atoms with Gasteiger partial charge < -0.3 is 21.1 Å². The molecule has 0 saturated carbocycles. The van der Waals surface area contributed by atoms with Crippen LogP contribution in [0.2, 0.25) is 0 Å². The Morgan fingerprint density at radius 2 is 1.95 bits per heavy atom. The Morgan fingerprint density at radius 3 is 2.45 bits per heavy atom. The first-order chi connectivity index (χ1) is 9.47. The highest BCUT2D eigenvalue weighted by Gasteiger charge is 2.21. The molecule has 1 unspecified atom stereocenters. The molecule has 0 spiro atoms. The van der Waals surface area contributed by atoms with Crippen LogP contribution in [0, 0.1) is 5.92 Å². The molecule has 1 heterocycles. The van der Waals surface area contributed by atoms with E-state index < -0.39 is 11.9 Å². The van der Waals surface area contributed by atoms with Crippen LogP contribution in [-0.4, -0.2) is 40.6 Å². The normalized spacial score (nSPS) is 12.1. The van der Waals surface area contributed by atoms with Gasteiger partial charge in [-0.3, -0.25) is 4.79 Å². The Morgan fingerprint density at radius 1 is 1.30 bits per heavy atom. The minimum absolute atomic E-state index is 0.0160. The van der Waals surface area contributed by atoms with Gasteiger partial charge in [0, 0.05) is 7.05 Å². The second-order valence-corrected chi connectivity index (χ2v) is 4.63. The maximum Gasteiger partial charge on any atom is 0.323 e. The number of carbonyl (C=O) groups excluding carboxylic acids is 1. The number of hydrogen-bond acceptors (Lipinski definition) is 7. The van der Waals surface area contributed by atoms with Crippen LogP contribution in [-0.2, 0) is 4.79 Å². The van der Waals surface area contributed by atoms with Gasteiger partial charge in [0.1, 0.15) is 6.04 Å². The van der Waals surface area contributed by atoms with E-state index in [9.17, 15) is 4.79 Å². The SMILES string of the molecule is CCCOc1nc(NC)nc(NC(C(N)=O)C(C)C)n1. The smallest absolute Gasteiger partial charge is 0.323 e. The van der Waals surface area contributed by atoms with Gasteiger partial charge >= 0.3 is 6.01 Å². The average molecular weight is 282 g/mol. The number of anilines is 2. The minimum atomic E-state index is -0.555. The lowest BCUT2D eigenvalue weighted by molar-refractivity contribution is -0.119. The molecule has 1 aromatic rings. The highest BCUT2D eigenvalue weighted by atomic mass is 16.5. The lowest BCUT2D eigenvalue weighted by Crippen LogP contribution is -2.40. The molecule has 0 radical (unpaired) electrons. The van der Waals surface area contributed by atoms with Crippen LogP contribution < -0.4 is 21.1 Å². The molecule has 112 valence electrons. The molecular formula is C12H22N6O2. The maximum atomic E-state index is 11.4. The first-order valence-corrected chi connectivity index (χ1v) is 6.60. The van der Waals surface area contributed by atoms with E-state index in [1.165, 1.54) is 0 Å². The van der Waals surface area contributed by atoms with Gasteiger partial charge in [-0.05, 0) is 12.3 Å². The number of rotatable bonds is 8. The summed E-state index contributed by atoms with van der Waals surface area (Å²) in [4.78, 5) is 23.7. The zero-order valence-corrected chi connectivity index (χ0v) is 12.3. The van der Waals surface area contributed by atoms with Crippen LogP contribution in [0.25, 0.3) is 0 Å². The number of aromatic nitrogens is 3. The zero-order chi connectivity index (χ0) is 15.1. The first kappa shape index (κ1) is 15.9. The largest absolute Gasteiger partial charge is 0.463 e. The maximum absolute atomic E-state index is 11.4. The van der Waals surface area contributed by atoms with Gasteiger partial charge in [0.2, 0.25) is 17.8 Å². The number of carbonyl (C=O) groups is 1. The molecule has 8 heteroatoms. The molecule has 1 rings (SSSR count). The molecule has 0 aromatic carbocycles. The summed E-state index contributed by atoms with van der Waals surface area (Å²) in [5.74, 6) is 0.179. The number of nitrogens with one attached hydrogen (secondary N) is 2. The average Bonchev–Trinajstić information content (AvgIpc) is 2.41. The Balaban J connectivity index is 2.95. The summed E-state index contributed by atoms with van der Waals surface area (Å²) in [5.41, 5.74) is 5.35. The van der Waals surface area contributed by atoms with Crippen LogP contribution >= 0.6 is 0 Å². The lowest BCUT2D eigenvalue weighted by atomic mass is 10.0. The summed E-state index contributed by atoms with van der Waals surface area (Å²) in [7, 11) is 1.69. The fourth-order valence-corrected chi connectivity index (χ4v) is 1.50. The van der Waals surface area contributed by atoms with Crippen molar-refractivity contribution in [1.82, 2.24) is 15.0 Å². The van der Waals surface area contributed by atoms with E-state index in [-0.39, 0.29) is 17.9 Å². The van der Waals surface area contributed by atoms with Crippen molar-refractivity contribution in [2.45, 2.75) is 33.2 Å². The molecule has 1 atom stereocenters. The Kier molecular flexibility index (Phi) is 5.95. The van der Waals surface area contributed by atoms with Gasteiger partial charge in [-0.15, -0.1) is 0 Å². The molecule has 0 fully saturated rings. The van der Waals surface area contributed by atoms with Crippen molar-refractivity contribution in [2.75, 3.05) is 24.3 Å². The molecule has 0 saturated heterocycles. The topological polar surface area (TPSA) is 115 Å². The van der Waals surface area contributed by atoms with E-state index in [4.69, 9.17) is 10.5 Å². The van der Waals surface area contributed by atoms with Gasteiger partial charge in [-0.25, -0.2) is 0 Å². The third-order valence-corrected chi connectivity index (χ3v) is 2.53. The van der Waals surface area contributed by atoms with Crippen LogP contribution in [0.3, 0.4) is 0 Å². The molecule has 0 bridgehead atoms. The molecule has 1 aromatic heterocycles. The second-order valence-electron chi connectivity index (χ2n) is 4.63. The van der Waals surface area contributed by atoms with Crippen LogP contribution in [0.5, 0.6) is 6.01 Å². The van der Waals surface area contributed by atoms with E-state index in [1.807, 2.05) is 20.8 Å². The Hall–Kier alpha value is -2.12. The van der Waals surface area contributed by atoms with Crippen LogP contribution in [0.4, 0.5) is 11.9 Å². The molecular weight excluding hydrogens is 260 g/mol. The van der Waals surface area contributed by atoms with Gasteiger partial charge in [-0.2, -0.15) is 15.0 Å². The second kappa shape index (κ2) is 7.46. The highest BCUT2D eigenvalue weighted by Crippen LogP contribution is 2.14. The van der Waals surface area contributed by atoms with Crippen molar-refractivity contribution < 1.29 is 9.53 Å². The van der Waals surface area contributed by atoms with Crippen LogP contribution in [0.1, 0.15) is 27.2 Å². The van der Waals surface area contributed by atoms with E-state index in [2.05, 4.69) is 25.6 Å². The summed E-state index contributed by atoms with van der Waals surface area (Å²) in [6.45, 7) is 6.27. The van der Waals surface area contributed by atoms with Crippen molar-refractivity contribution >= 4 is 17.8 Å². The highest BCUT2D eigenvalue weighted by molar-refractivity contribution is 5.82. The molecule has 8 nitrogen and oxygen atoms in total. The number of nitrogens with zero attached hydrogens (tertiary/aromatic N) is 3. The molecule has 0 aliphatic heterocycles. The quantitative estimate of drug-likeness (QED) is 0.640. The minimum Gasteiger partial charge on any atom is -0.463 e. The number of primary amides is 1. The number of amides is 1. The zero-order valence-electron chi connectivity index (χ0n) is 12.3. The monoisotopic (exact) mass is 282 g/mol. The number of nitrogens with two attached hydrogens (primary N) is 1. The molecule has 1 amide bonds. The van der Waals surface area contributed by atoms with Crippen molar-refractivity contribution in [1.29, 1.82) is 0 Å². The third kappa shape index (κ3) is 4.52. The summed E-state index contributed by atoms with van der Waals surface area (Å²) >= 11 is 0. The van der Waals surface area contributed by atoms with Crippen molar-refractivity contribution in [3.63, 3.8) is 0 Å². The van der Waals surface area contributed by atoms with Crippen LogP contribution in [0.15, 0.2) is 0 Å². The molecule has 0 aliphatic rings. The van der Waals surface area contributed by atoms with Gasteiger partial charge in [-0.1, -0.05) is 20.8 Å². The predicted octanol–water partition coefficient (Wildman–Crippen LogP) is 0.624. The number of hydrogen-bond donors (Lipinski definition) is 3. The van der Waals surface area contributed by atoms with Gasteiger partial charge in [0.25, 0.3) is 0 Å². The van der Waals surface area contributed by atoms with Gasteiger partial charge in [0.15, 0.2) is 0 Å². The summed E-state index contributed by atoms with van der Waals surface area (Å²) in [6.07, 6.45) is 0.846. The van der Waals surface area contributed by atoms with E-state index >= 15 is 0 Å². The van der Waals surface area contributed by atoms with Crippen molar-refractivity contribution in [2.24, 2.45) is 11.7 Å². The van der Waals surface area contributed by atoms with Gasteiger partial charge in [0.05, 0.1) is 6.61 Å². The van der Waals surface area contributed by atoms with E-state index in [0.29, 0.717) is 12.6 Å². The van der Waals surface area contributed by atoms with E-state index in [1.54, 1.807) is 7.05 Å². The lowest BCUT2D eigenvalue weighted by Gasteiger charge is -2.19. The molecule has 0 aliphatic carbocycles. The molecule has 4 N–H and O–H groups in total. The first-order valence-electron chi connectivity index (χ1n) is 6.60. The summed E-state index contributed by atoms with van der Waals surface area (Å²) in [6, 6.07) is -0.346. The summed E-state index contributed by atoms with van der Waals surface area (Å²) in [5, 5.41) is 5.73. The third-order valence-electron chi connectivity index (χ3n) is 2.53. The van der Waals surface area contributed by atoms with Crippen molar-refractivity contribution in [3.8, 4) is 6.01 Å². The molecule has 20 heavy (non-hydrogen) atoms. The van der Waals surface area contributed by atoms with Crippen molar-refractivity contribution in [3.05, 3.63) is 0 Å². The van der Waals surface area contributed by atoms with E-state index in [0.717, 1.165) is 6.42 Å².